The Kier molecular flexibility index (Phi) is 6.18. The molecule has 0 fully saturated rings. The van der Waals surface area contributed by atoms with Crippen molar-refractivity contribution in [2.75, 3.05) is 19.3 Å². The minimum absolute atomic E-state index is 0.0163. The zero-order valence-electron chi connectivity index (χ0n) is 13.8. The van der Waals surface area contributed by atoms with Crippen LogP contribution < -0.4 is 0 Å². The molecular formula is C15H25NO4S2. The summed E-state index contributed by atoms with van der Waals surface area (Å²) >= 11 is 0. The summed E-state index contributed by atoms with van der Waals surface area (Å²) in [6.07, 6.45) is 1.07. The lowest BCUT2D eigenvalue weighted by Crippen LogP contribution is -2.37. The van der Waals surface area contributed by atoms with Crippen molar-refractivity contribution >= 4 is 19.9 Å². The molecule has 0 aliphatic rings. The second kappa shape index (κ2) is 7.10. The first-order valence-corrected chi connectivity index (χ1v) is 10.6. The molecule has 0 aromatic heterocycles. The molecular weight excluding hydrogens is 322 g/mol. The van der Waals surface area contributed by atoms with Crippen LogP contribution in [0.15, 0.2) is 34.1 Å². The highest BCUT2D eigenvalue weighted by molar-refractivity contribution is 7.91. The zero-order valence-corrected chi connectivity index (χ0v) is 15.4. The first-order valence-electron chi connectivity index (χ1n) is 7.25. The van der Waals surface area contributed by atoms with E-state index in [2.05, 4.69) is 0 Å². The van der Waals surface area contributed by atoms with E-state index in [4.69, 9.17) is 0 Å². The van der Waals surface area contributed by atoms with Crippen LogP contribution in [0.4, 0.5) is 0 Å². The van der Waals surface area contributed by atoms with Gasteiger partial charge in [0.25, 0.3) is 0 Å². The fraction of sp³-hybridized carbons (Fsp3) is 0.600. The normalized spacial score (nSPS) is 13.3. The van der Waals surface area contributed by atoms with E-state index >= 15 is 0 Å². The van der Waals surface area contributed by atoms with Crippen LogP contribution in [0.25, 0.3) is 0 Å². The Morgan fingerprint density at radius 2 is 1.36 bits per heavy atom. The summed E-state index contributed by atoms with van der Waals surface area (Å²) in [5.74, 6) is 0.373. The second-order valence-electron chi connectivity index (χ2n) is 6.36. The van der Waals surface area contributed by atoms with Gasteiger partial charge in [-0.05, 0) is 30.0 Å². The molecule has 0 aliphatic heterocycles. The van der Waals surface area contributed by atoms with Crippen molar-refractivity contribution in [3.63, 3.8) is 0 Å². The highest BCUT2D eigenvalue weighted by Gasteiger charge is 2.26. The van der Waals surface area contributed by atoms with E-state index in [0.717, 1.165) is 6.26 Å². The van der Waals surface area contributed by atoms with Crippen molar-refractivity contribution in [1.29, 1.82) is 0 Å². The summed E-state index contributed by atoms with van der Waals surface area (Å²) in [6, 6.07) is 5.55. The van der Waals surface area contributed by atoms with Gasteiger partial charge in [-0.1, -0.05) is 33.8 Å². The molecule has 0 saturated carbocycles. The quantitative estimate of drug-likeness (QED) is 0.759. The van der Waals surface area contributed by atoms with Crippen molar-refractivity contribution in [1.82, 2.24) is 4.31 Å². The monoisotopic (exact) mass is 347 g/mol. The number of sulfone groups is 1. The van der Waals surface area contributed by atoms with Gasteiger partial charge in [-0.3, -0.25) is 0 Å². The summed E-state index contributed by atoms with van der Waals surface area (Å²) in [5, 5.41) is 0. The van der Waals surface area contributed by atoms with E-state index in [1.807, 2.05) is 27.7 Å². The molecule has 0 saturated heterocycles. The highest BCUT2D eigenvalue weighted by Crippen LogP contribution is 2.21. The van der Waals surface area contributed by atoms with Gasteiger partial charge in [-0.25, -0.2) is 16.8 Å². The second-order valence-corrected chi connectivity index (χ2v) is 10.3. The standard InChI is InChI=1S/C15H25NO4S2/c1-12(2)10-16(11-13(3)4)22(19,20)15-8-6-7-14(9-15)21(5,17)18/h6-9,12-13H,10-11H2,1-5H3. The minimum atomic E-state index is -3.71. The lowest BCUT2D eigenvalue weighted by Gasteiger charge is -2.25. The molecule has 0 N–H and O–H groups in total. The van der Waals surface area contributed by atoms with Crippen LogP contribution in [-0.2, 0) is 19.9 Å². The number of sulfonamides is 1. The van der Waals surface area contributed by atoms with Gasteiger partial charge in [0.15, 0.2) is 9.84 Å². The number of rotatable bonds is 7. The minimum Gasteiger partial charge on any atom is -0.224 e. The van der Waals surface area contributed by atoms with Crippen LogP contribution in [0.5, 0.6) is 0 Å². The van der Waals surface area contributed by atoms with Gasteiger partial charge in [0.1, 0.15) is 0 Å². The number of nitrogens with zero attached hydrogens (tertiary/aromatic N) is 1. The fourth-order valence-corrected chi connectivity index (χ4v) is 4.65. The third-order valence-corrected chi connectivity index (χ3v) is 5.95. The molecule has 5 nitrogen and oxygen atoms in total. The van der Waals surface area contributed by atoms with Crippen molar-refractivity contribution in [3.8, 4) is 0 Å². The lowest BCUT2D eigenvalue weighted by atomic mass is 10.2. The predicted octanol–water partition coefficient (Wildman–Crippen LogP) is 2.39. The van der Waals surface area contributed by atoms with E-state index in [-0.39, 0.29) is 21.6 Å². The Bertz CT molecular complexity index is 697. The van der Waals surface area contributed by atoms with Crippen LogP contribution in [0.2, 0.25) is 0 Å². The first kappa shape index (κ1) is 19.1. The molecule has 126 valence electrons. The molecule has 0 heterocycles. The van der Waals surface area contributed by atoms with Crippen LogP contribution in [0.3, 0.4) is 0 Å². The Morgan fingerprint density at radius 1 is 0.909 bits per heavy atom. The topological polar surface area (TPSA) is 71.5 Å². The molecule has 0 amide bonds. The van der Waals surface area contributed by atoms with Crippen molar-refractivity contribution < 1.29 is 16.8 Å². The molecule has 22 heavy (non-hydrogen) atoms. The Balaban J connectivity index is 3.30. The Labute approximate surface area is 134 Å². The third-order valence-electron chi connectivity index (χ3n) is 3.01. The number of hydrogen-bond donors (Lipinski definition) is 0. The van der Waals surface area contributed by atoms with Crippen LogP contribution in [0.1, 0.15) is 27.7 Å². The summed E-state index contributed by atoms with van der Waals surface area (Å²) in [4.78, 5) is 0.0411. The smallest absolute Gasteiger partial charge is 0.224 e. The van der Waals surface area contributed by atoms with Crippen molar-refractivity contribution in [2.45, 2.75) is 37.5 Å². The zero-order chi connectivity index (χ0) is 17.1. The van der Waals surface area contributed by atoms with Gasteiger partial charge >= 0.3 is 0 Å². The molecule has 0 unspecified atom stereocenters. The summed E-state index contributed by atoms with van der Waals surface area (Å²) < 4.78 is 50.3. The summed E-state index contributed by atoms with van der Waals surface area (Å²) in [6.45, 7) is 8.63. The van der Waals surface area contributed by atoms with Crippen LogP contribution in [-0.4, -0.2) is 40.5 Å². The van der Waals surface area contributed by atoms with Gasteiger partial charge in [0.05, 0.1) is 9.79 Å². The Hall–Kier alpha value is -0.920. The molecule has 7 heteroatoms. The summed E-state index contributed by atoms with van der Waals surface area (Å²) in [5.41, 5.74) is 0. The van der Waals surface area contributed by atoms with E-state index in [0.29, 0.717) is 13.1 Å². The lowest BCUT2D eigenvalue weighted by molar-refractivity contribution is 0.333. The van der Waals surface area contributed by atoms with Crippen LogP contribution in [0, 0.1) is 11.8 Å². The number of hydrogen-bond acceptors (Lipinski definition) is 4. The maximum absolute atomic E-state index is 12.8. The Morgan fingerprint density at radius 3 is 1.77 bits per heavy atom. The molecule has 0 bridgehead atoms. The van der Waals surface area contributed by atoms with E-state index in [1.165, 1.54) is 28.6 Å². The van der Waals surface area contributed by atoms with Crippen molar-refractivity contribution in [3.05, 3.63) is 24.3 Å². The largest absolute Gasteiger partial charge is 0.243 e. The maximum atomic E-state index is 12.8. The van der Waals surface area contributed by atoms with Crippen LogP contribution >= 0.6 is 0 Å². The summed E-state index contributed by atoms with van der Waals surface area (Å²) in [7, 11) is -7.15. The molecule has 0 atom stereocenters. The SMILES string of the molecule is CC(C)CN(CC(C)C)S(=O)(=O)c1cccc(S(C)(=O)=O)c1. The average molecular weight is 348 g/mol. The third kappa shape index (κ3) is 5.07. The van der Waals surface area contributed by atoms with Gasteiger partial charge in [-0.15, -0.1) is 0 Å². The number of benzene rings is 1. The van der Waals surface area contributed by atoms with Gasteiger partial charge in [-0.2, -0.15) is 4.31 Å². The van der Waals surface area contributed by atoms with E-state index in [1.54, 1.807) is 0 Å². The highest BCUT2D eigenvalue weighted by atomic mass is 32.2. The molecule has 0 spiro atoms. The molecule has 1 aromatic rings. The van der Waals surface area contributed by atoms with E-state index in [9.17, 15) is 16.8 Å². The van der Waals surface area contributed by atoms with E-state index < -0.39 is 19.9 Å². The molecule has 0 aliphatic carbocycles. The molecule has 1 rings (SSSR count). The molecule has 0 radical (unpaired) electrons. The predicted molar refractivity (Wildman–Crippen MR) is 88.0 cm³/mol. The van der Waals surface area contributed by atoms with Gasteiger partial charge in [0.2, 0.25) is 10.0 Å². The average Bonchev–Trinajstić information content (AvgIpc) is 2.36. The maximum Gasteiger partial charge on any atom is 0.243 e. The fourth-order valence-electron chi connectivity index (χ4n) is 2.10. The van der Waals surface area contributed by atoms with Gasteiger partial charge < -0.3 is 0 Å². The van der Waals surface area contributed by atoms with Gasteiger partial charge in [0, 0.05) is 19.3 Å². The van der Waals surface area contributed by atoms with Crippen molar-refractivity contribution in [2.24, 2.45) is 11.8 Å². The molecule has 1 aromatic carbocycles. The first-order chi connectivity index (χ1) is 9.94.